The molecule has 6 heteroatoms. The van der Waals surface area contributed by atoms with E-state index in [0.717, 1.165) is 42.3 Å². The summed E-state index contributed by atoms with van der Waals surface area (Å²) >= 11 is 0. The topological polar surface area (TPSA) is 76.8 Å². The molecule has 1 saturated heterocycles. The summed E-state index contributed by atoms with van der Waals surface area (Å²) in [6.45, 7) is 2.43. The molecule has 144 valence electrons. The Morgan fingerprint density at radius 2 is 1.85 bits per heavy atom. The van der Waals surface area contributed by atoms with Gasteiger partial charge in [0.1, 0.15) is 17.5 Å². The lowest BCUT2D eigenvalue weighted by Gasteiger charge is -2.21. The number of carbonyl (C=O) groups excluding carboxylic acids is 1. The zero-order chi connectivity index (χ0) is 19.2. The van der Waals surface area contributed by atoms with Crippen LogP contribution in [0.15, 0.2) is 48.5 Å². The largest absolute Gasteiger partial charge is 0.497 e. The van der Waals surface area contributed by atoms with E-state index >= 15 is 0 Å². The van der Waals surface area contributed by atoms with Gasteiger partial charge in [0, 0.05) is 43.5 Å². The fourth-order valence-electron chi connectivity index (χ4n) is 3.38. The van der Waals surface area contributed by atoms with E-state index in [1.54, 1.807) is 14.2 Å². The summed E-state index contributed by atoms with van der Waals surface area (Å²) in [6.07, 6.45) is 1.01. The maximum absolute atomic E-state index is 12.3. The number of nitrogens with zero attached hydrogens (tertiary/aromatic N) is 1. The van der Waals surface area contributed by atoms with Crippen LogP contribution >= 0.6 is 0 Å². The van der Waals surface area contributed by atoms with Crippen LogP contribution in [0.3, 0.4) is 0 Å². The highest BCUT2D eigenvalue weighted by Crippen LogP contribution is 2.31. The molecule has 2 aromatic carbocycles. The number of nitrogens with one attached hydrogen (secondary N) is 1. The Balaban J connectivity index is 1.55. The second kappa shape index (κ2) is 8.77. The van der Waals surface area contributed by atoms with Gasteiger partial charge in [-0.2, -0.15) is 0 Å². The summed E-state index contributed by atoms with van der Waals surface area (Å²) in [6, 6.07) is 14.7. The van der Waals surface area contributed by atoms with E-state index in [1.165, 1.54) is 0 Å². The van der Waals surface area contributed by atoms with E-state index < -0.39 is 6.04 Å². The van der Waals surface area contributed by atoms with E-state index in [4.69, 9.17) is 15.2 Å². The lowest BCUT2D eigenvalue weighted by Crippen LogP contribution is -2.37. The second-order valence-corrected chi connectivity index (χ2v) is 6.81. The van der Waals surface area contributed by atoms with Gasteiger partial charge in [-0.05, 0) is 17.9 Å². The number of rotatable bonds is 7. The van der Waals surface area contributed by atoms with Gasteiger partial charge in [0.25, 0.3) is 0 Å². The lowest BCUT2D eigenvalue weighted by atomic mass is 10.1. The predicted octanol–water partition coefficient (Wildman–Crippen LogP) is 2.35. The van der Waals surface area contributed by atoms with Crippen molar-refractivity contribution in [2.75, 3.05) is 38.8 Å². The Kier molecular flexibility index (Phi) is 6.19. The minimum atomic E-state index is -0.633. The zero-order valence-electron chi connectivity index (χ0n) is 15.9. The van der Waals surface area contributed by atoms with Crippen LogP contribution < -0.4 is 25.4 Å². The minimum Gasteiger partial charge on any atom is -0.497 e. The normalized spacial score (nSPS) is 17.4. The van der Waals surface area contributed by atoms with Gasteiger partial charge in [0.15, 0.2) is 0 Å². The zero-order valence-corrected chi connectivity index (χ0v) is 15.9. The van der Waals surface area contributed by atoms with Gasteiger partial charge < -0.3 is 25.4 Å². The van der Waals surface area contributed by atoms with Gasteiger partial charge in [0.2, 0.25) is 5.91 Å². The molecule has 27 heavy (non-hydrogen) atoms. The van der Waals surface area contributed by atoms with Crippen molar-refractivity contribution < 1.29 is 14.3 Å². The third-order valence-corrected chi connectivity index (χ3v) is 4.99. The molecule has 2 aromatic rings. The van der Waals surface area contributed by atoms with Gasteiger partial charge >= 0.3 is 0 Å². The molecule has 0 spiro atoms. The Bertz CT molecular complexity index is 744. The van der Waals surface area contributed by atoms with Crippen LogP contribution in [0.1, 0.15) is 18.0 Å². The van der Waals surface area contributed by atoms with E-state index in [-0.39, 0.29) is 5.91 Å². The fraction of sp³-hybridized carbons (Fsp3) is 0.381. The van der Waals surface area contributed by atoms with Crippen LogP contribution in [-0.4, -0.2) is 39.8 Å². The Labute approximate surface area is 160 Å². The molecule has 3 N–H and O–H groups in total. The van der Waals surface area contributed by atoms with E-state index in [0.29, 0.717) is 12.5 Å². The molecule has 0 aliphatic carbocycles. The van der Waals surface area contributed by atoms with Crippen molar-refractivity contribution in [3.63, 3.8) is 0 Å². The number of carbonyl (C=O) groups is 1. The van der Waals surface area contributed by atoms with Crippen LogP contribution in [0.5, 0.6) is 11.5 Å². The van der Waals surface area contributed by atoms with Gasteiger partial charge in [-0.15, -0.1) is 0 Å². The number of benzene rings is 2. The molecule has 1 heterocycles. The standard InChI is InChI=1S/C21H27N3O3/c1-26-18-10-17(11-19(12-18)27-2)24-9-8-15(14-24)13-23-21(25)20(22)16-6-4-3-5-7-16/h3-7,10-12,15,20H,8-9,13-14,22H2,1-2H3,(H,23,25). The SMILES string of the molecule is COc1cc(OC)cc(N2CCC(CNC(=O)C(N)c3ccccc3)C2)c1. The predicted molar refractivity (Wildman–Crippen MR) is 106 cm³/mol. The summed E-state index contributed by atoms with van der Waals surface area (Å²) in [4.78, 5) is 14.6. The molecule has 0 radical (unpaired) electrons. The first-order valence-electron chi connectivity index (χ1n) is 9.17. The molecule has 2 atom stereocenters. The quantitative estimate of drug-likeness (QED) is 0.783. The van der Waals surface area contributed by atoms with Crippen LogP contribution in [0.4, 0.5) is 5.69 Å². The summed E-state index contributed by atoms with van der Waals surface area (Å²) in [5.41, 5.74) is 7.95. The number of anilines is 1. The molecular formula is C21H27N3O3. The number of hydrogen-bond donors (Lipinski definition) is 2. The molecule has 3 rings (SSSR count). The average molecular weight is 369 g/mol. The third kappa shape index (κ3) is 4.71. The van der Waals surface area contributed by atoms with Crippen LogP contribution in [0.25, 0.3) is 0 Å². The highest BCUT2D eigenvalue weighted by molar-refractivity contribution is 5.82. The number of methoxy groups -OCH3 is 2. The minimum absolute atomic E-state index is 0.136. The van der Waals surface area contributed by atoms with Crippen molar-refractivity contribution >= 4 is 11.6 Å². The van der Waals surface area contributed by atoms with Gasteiger partial charge in [0.05, 0.1) is 14.2 Å². The third-order valence-electron chi connectivity index (χ3n) is 4.99. The van der Waals surface area contributed by atoms with Crippen molar-refractivity contribution in [1.29, 1.82) is 0 Å². The Morgan fingerprint density at radius 1 is 1.19 bits per heavy atom. The fourth-order valence-corrected chi connectivity index (χ4v) is 3.38. The summed E-state index contributed by atoms with van der Waals surface area (Å²) in [7, 11) is 3.30. The maximum Gasteiger partial charge on any atom is 0.241 e. The van der Waals surface area contributed by atoms with E-state index in [1.807, 2.05) is 48.5 Å². The molecule has 1 amide bonds. The molecule has 1 aliphatic rings. The molecule has 1 fully saturated rings. The molecule has 1 aliphatic heterocycles. The first-order chi connectivity index (χ1) is 13.1. The highest BCUT2D eigenvalue weighted by atomic mass is 16.5. The van der Waals surface area contributed by atoms with Crippen molar-refractivity contribution in [1.82, 2.24) is 5.32 Å². The van der Waals surface area contributed by atoms with Crippen molar-refractivity contribution in [2.45, 2.75) is 12.5 Å². The van der Waals surface area contributed by atoms with Gasteiger partial charge in [-0.3, -0.25) is 4.79 Å². The van der Waals surface area contributed by atoms with Gasteiger partial charge in [-0.1, -0.05) is 30.3 Å². The Hall–Kier alpha value is -2.73. The summed E-state index contributed by atoms with van der Waals surface area (Å²) in [5.74, 6) is 1.79. The Morgan fingerprint density at radius 3 is 2.48 bits per heavy atom. The molecule has 0 bridgehead atoms. The van der Waals surface area contributed by atoms with Gasteiger partial charge in [-0.25, -0.2) is 0 Å². The second-order valence-electron chi connectivity index (χ2n) is 6.81. The lowest BCUT2D eigenvalue weighted by molar-refractivity contribution is -0.122. The monoisotopic (exact) mass is 369 g/mol. The molecule has 2 unspecified atom stereocenters. The molecule has 0 aromatic heterocycles. The van der Waals surface area contributed by atoms with Crippen LogP contribution in [0, 0.1) is 5.92 Å². The highest BCUT2D eigenvalue weighted by Gasteiger charge is 2.25. The first-order valence-corrected chi connectivity index (χ1v) is 9.17. The number of amides is 1. The summed E-state index contributed by atoms with van der Waals surface area (Å²) < 4.78 is 10.7. The van der Waals surface area contributed by atoms with Crippen LogP contribution in [0.2, 0.25) is 0 Å². The maximum atomic E-state index is 12.3. The van der Waals surface area contributed by atoms with Crippen molar-refractivity contribution in [2.24, 2.45) is 11.7 Å². The smallest absolute Gasteiger partial charge is 0.241 e. The van der Waals surface area contributed by atoms with Crippen molar-refractivity contribution in [3.05, 3.63) is 54.1 Å². The first kappa shape index (κ1) is 19.0. The molecular weight excluding hydrogens is 342 g/mol. The average Bonchev–Trinajstić information content (AvgIpc) is 3.20. The van der Waals surface area contributed by atoms with E-state index in [2.05, 4.69) is 10.2 Å². The summed E-state index contributed by atoms with van der Waals surface area (Å²) in [5, 5.41) is 3.00. The molecule has 0 saturated carbocycles. The van der Waals surface area contributed by atoms with E-state index in [9.17, 15) is 4.79 Å². The number of nitrogens with two attached hydrogens (primary N) is 1. The van der Waals surface area contributed by atoms with Crippen LogP contribution in [-0.2, 0) is 4.79 Å². The number of hydrogen-bond acceptors (Lipinski definition) is 5. The number of ether oxygens (including phenoxy) is 2. The molecule has 6 nitrogen and oxygen atoms in total. The van der Waals surface area contributed by atoms with Crippen molar-refractivity contribution in [3.8, 4) is 11.5 Å².